The van der Waals surface area contributed by atoms with E-state index in [1.165, 1.54) is 17.0 Å². The summed E-state index contributed by atoms with van der Waals surface area (Å²) in [5.74, 6) is -0.285. The number of hydrogen-bond acceptors (Lipinski definition) is 19. The second-order valence-corrected chi connectivity index (χ2v) is 15.3. The Morgan fingerprint density at radius 3 is 2.43 bits per heavy atom. The summed E-state index contributed by atoms with van der Waals surface area (Å²) < 4.78 is 46.5. The van der Waals surface area contributed by atoms with Gasteiger partial charge in [-0.1, -0.05) is 0 Å². The van der Waals surface area contributed by atoms with Crippen LogP contribution >= 0.6 is 15.6 Å². The predicted molar refractivity (Wildman–Crippen MR) is 178 cm³/mol. The topological polar surface area (TPSA) is 385 Å². The van der Waals surface area contributed by atoms with Gasteiger partial charge >= 0.3 is 27.0 Å². The third kappa shape index (κ3) is 7.63. The van der Waals surface area contributed by atoms with E-state index in [4.69, 9.17) is 15.0 Å². The van der Waals surface area contributed by atoms with Crippen LogP contribution in [0.25, 0.3) is 33.4 Å². The molecule has 4 aromatic heterocycles. The number of nitrogens with two attached hydrogens (primary N) is 1. The van der Waals surface area contributed by atoms with Crippen molar-refractivity contribution in [3.05, 3.63) is 50.7 Å². The number of H-pyrrole nitrogens is 2. The number of nitrogen functional groups attached to an aromatic ring is 1. The van der Waals surface area contributed by atoms with Crippen molar-refractivity contribution in [2.24, 2.45) is 0 Å². The molecule has 5 heterocycles. The number of hydrogen-bond donors (Lipinski definition) is 11. The number of imidazole rings is 1. The number of aliphatic hydroxyl groups excluding tert-OH is 5. The van der Waals surface area contributed by atoms with Gasteiger partial charge in [0.1, 0.15) is 60.8 Å². The predicted octanol–water partition coefficient (Wildman–Crippen LogP) is -3.25. The highest BCUT2D eigenvalue weighted by molar-refractivity contribution is 7.61. The molecule has 0 saturated carbocycles. The van der Waals surface area contributed by atoms with Gasteiger partial charge in [0.15, 0.2) is 28.7 Å². The van der Waals surface area contributed by atoms with Gasteiger partial charge in [-0.2, -0.15) is 9.29 Å². The zero-order valence-corrected chi connectivity index (χ0v) is 29.7. The highest BCUT2D eigenvalue weighted by Gasteiger charge is 2.46. The molecule has 5 aromatic rings. The molecule has 0 spiro atoms. The average molecular weight is 803 g/mol. The number of nitrogens with one attached hydrogen (secondary N) is 2. The number of phenolic OH excluding ortho intramolecular Hbond substituents is 1. The molecule has 54 heavy (non-hydrogen) atoms. The summed E-state index contributed by atoms with van der Waals surface area (Å²) in [5.41, 5.74) is 4.57. The molecule has 27 heteroatoms. The van der Waals surface area contributed by atoms with Crippen molar-refractivity contribution in [2.75, 3.05) is 18.9 Å². The van der Waals surface area contributed by atoms with Crippen LogP contribution in [0.2, 0.25) is 0 Å². The van der Waals surface area contributed by atoms with Gasteiger partial charge in [-0.3, -0.25) is 23.4 Å². The summed E-state index contributed by atoms with van der Waals surface area (Å²) in [5, 5.41) is 63.8. The van der Waals surface area contributed by atoms with E-state index >= 15 is 0 Å². The SMILES string of the molecule is Cc1cc2c(nc3c(=O)[nH]c(=O)[nH]c3[n+]2C[C@H](O)[C@H](O)[C@H](O)COP(=O)(O)OP(=O)(O)OC[C@H]2O[C@@H](n3cnc4c(N)ncnc43)[C@H](O)[C@@H]2O)c(O)c1C. The normalized spacial score (nSPS) is 23.1. The molecule has 12 N–H and O–H groups in total. The molecular weight excluding hydrogens is 768 g/mol. The molecule has 2 unspecified atom stereocenters. The number of ether oxygens (including phenoxy) is 1. The maximum atomic E-state index is 12.6. The van der Waals surface area contributed by atoms with E-state index in [0.717, 1.165) is 10.9 Å². The van der Waals surface area contributed by atoms with Crippen LogP contribution in [0, 0.1) is 13.8 Å². The summed E-state index contributed by atoms with van der Waals surface area (Å²) in [7, 11) is -11.1. The van der Waals surface area contributed by atoms with Gasteiger partial charge in [0.25, 0.3) is 5.56 Å². The fourth-order valence-corrected chi connectivity index (χ4v) is 7.79. The van der Waals surface area contributed by atoms with Crippen LogP contribution in [-0.2, 0) is 33.8 Å². The Morgan fingerprint density at radius 2 is 1.70 bits per heavy atom. The van der Waals surface area contributed by atoms with E-state index in [2.05, 4.69) is 33.8 Å². The summed E-state index contributed by atoms with van der Waals surface area (Å²) in [6.07, 6.45) is -10.1. The van der Waals surface area contributed by atoms with Gasteiger partial charge in [0, 0.05) is 0 Å². The lowest BCUT2D eigenvalue weighted by Gasteiger charge is -2.24. The van der Waals surface area contributed by atoms with Crippen molar-refractivity contribution < 1.29 is 72.2 Å². The summed E-state index contributed by atoms with van der Waals surface area (Å²) in [4.78, 5) is 65.2. The van der Waals surface area contributed by atoms with Crippen molar-refractivity contribution in [2.45, 2.75) is 63.2 Å². The first kappa shape index (κ1) is 39.4. The average Bonchev–Trinajstić information content (AvgIpc) is 3.65. The van der Waals surface area contributed by atoms with Crippen molar-refractivity contribution in [3.63, 3.8) is 0 Å². The molecule has 1 aliphatic rings. The highest BCUT2D eigenvalue weighted by Crippen LogP contribution is 2.60. The number of phenols is 1. The van der Waals surface area contributed by atoms with Crippen molar-refractivity contribution >= 4 is 54.8 Å². The second-order valence-electron chi connectivity index (χ2n) is 12.2. The molecule has 0 aliphatic carbocycles. The number of aromatic hydroxyl groups is 1. The first-order chi connectivity index (χ1) is 25.3. The lowest BCUT2D eigenvalue weighted by atomic mass is 10.1. The first-order valence-electron chi connectivity index (χ1n) is 15.6. The van der Waals surface area contributed by atoms with Crippen molar-refractivity contribution in [1.29, 1.82) is 0 Å². The summed E-state index contributed by atoms with van der Waals surface area (Å²) in [6, 6.07) is 1.52. The summed E-state index contributed by atoms with van der Waals surface area (Å²) >= 11 is 0. The summed E-state index contributed by atoms with van der Waals surface area (Å²) in [6.45, 7) is 0.334. The fourth-order valence-electron chi connectivity index (χ4n) is 5.69. The van der Waals surface area contributed by atoms with Gasteiger partial charge in [-0.25, -0.2) is 38.4 Å². The van der Waals surface area contributed by atoms with E-state index in [1.54, 1.807) is 13.8 Å². The van der Waals surface area contributed by atoms with Crippen LogP contribution in [-0.4, -0.2) is 125 Å². The quantitative estimate of drug-likeness (QED) is 0.0316. The minimum atomic E-state index is -5.57. The molecule has 25 nitrogen and oxygen atoms in total. The van der Waals surface area contributed by atoms with Crippen LogP contribution in [0.3, 0.4) is 0 Å². The third-order valence-electron chi connectivity index (χ3n) is 8.62. The Kier molecular flexibility index (Phi) is 10.7. The zero-order valence-electron chi connectivity index (χ0n) is 27.9. The maximum absolute atomic E-state index is 12.6. The Balaban J connectivity index is 1.09. The fraction of sp³-hybridized carbons (Fsp3) is 0.444. The molecule has 1 aliphatic heterocycles. The Morgan fingerprint density at radius 1 is 1.00 bits per heavy atom. The molecule has 1 aromatic carbocycles. The lowest BCUT2D eigenvalue weighted by molar-refractivity contribution is -0.657. The minimum absolute atomic E-state index is 0.0230. The molecule has 1 fully saturated rings. The number of phosphoric ester groups is 2. The second kappa shape index (κ2) is 14.7. The van der Waals surface area contributed by atoms with Crippen molar-refractivity contribution in [1.82, 2.24) is 34.5 Å². The van der Waals surface area contributed by atoms with Crippen LogP contribution < -0.4 is 21.5 Å². The standard InChI is InChI=1S/C27H33N9O16P2/c1-9-3-11-15(18(39)10(9)2)32-17-24(33-27(44)34-25(17)43)35(11)4-12(37)19(40)13(38)5-49-53(45,46)52-54(47,48)50-6-14-20(41)21(42)26(51-14)36-8-31-16-22(28)29-7-30-23(16)36/h3,7-8,12-14,19-21,26,37-38,40-42H,4-6H2,1-2H3,(H6,28,29,30,33,34,39,43,44,45,46,47,48)/p+1/t12-,13+,14+,19-,20+,21+,26+/m0/s1. The monoisotopic (exact) mass is 802 g/mol. The number of anilines is 1. The molecule has 0 bridgehead atoms. The van der Waals surface area contributed by atoms with Gasteiger partial charge in [0.05, 0.1) is 19.5 Å². The van der Waals surface area contributed by atoms with E-state index in [-0.39, 0.29) is 44.9 Å². The number of aliphatic hydroxyl groups is 5. The number of aryl methyl sites for hydroxylation is 1. The molecule has 6 rings (SSSR count). The molecule has 9 atom stereocenters. The van der Waals surface area contributed by atoms with Gasteiger partial charge in [-0.15, -0.1) is 0 Å². The molecule has 292 valence electrons. The van der Waals surface area contributed by atoms with E-state index < -0.39 is 89.5 Å². The zero-order chi connectivity index (χ0) is 39.4. The molecule has 1 saturated heterocycles. The van der Waals surface area contributed by atoms with Crippen molar-refractivity contribution in [3.8, 4) is 5.75 Å². The van der Waals surface area contributed by atoms with E-state index in [0.29, 0.717) is 11.1 Å². The molecular formula is C27H34N9O16P2+. The van der Waals surface area contributed by atoms with E-state index in [1.807, 2.05) is 4.98 Å². The van der Waals surface area contributed by atoms with Crippen LogP contribution in [0.15, 0.2) is 28.3 Å². The maximum Gasteiger partial charge on any atom is 0.481 e. The smallest absolute Gasteiger partial charge is 0.481 e. The van der Waals surface area contributed by atoms with Gasteiger partial charge in [0.2, 0.25) is 5.52 Å². The number of fused-ring (bicyclic) bond motifs is 3. The number of aromatic nitrogens is 8. The number of rotatable bonds is 13. The Bertz CT molecular complexity index is 2460. The lowest BCUT2D eigenvalue weighted by Crippen LogP contribution is -2.51. The third-order valence-corrected chi connectivity index (χ3v) is 11.2. The van der Waals surface area contributed by atoms with E-state index in [9.17, 15) is 59.1 Å². The number of benzene rings is 1. The number of phosphoric acid groups is 2. The van der Waals surface area contributed by atoms with Crippen LogP contribution in [0.5, 0.6) is 5.75 Å². The van der Waals surface area contributed by atoms with Gasteiger partial charge < -0.3 is 50.9 Å². The largest absolute Gasteiger partial charge is 0.505 e. The molecule has 0 amide bonds. The van der Waals surface area contributed by atoms with Crippen LogP contribution in [0.4, 0.5) is 5.82 Å². The molecule has 0 radical (unpaired) electrons. The number of nitrogens with zero attached hydrogens (tertiary/aromatic N) is 6. The van der Waals surface area contributed by atoms with Gasteiger partial charge in [-0.05, 0) is 31.0 Å². The minimum Gasteiger partial charge on any atom is -0.505 e. The van der Waals surface area contributed by atoms with Crippen LogP contribution in [0.1, 0.15) is 17.4 Å². The Labute approximate surface area is 300 Å². The number of aromatic amines is 2. The Hall–Kier alpha value is -4.33. The highest BCUT2D eigenvalue weighted by atomic mass is 31.3. The first-order valence-corrected chi connectivity index (χ1v) is 18.6.